The van der Waals surface area contributed by atoms with Gasteiger partial charge >= 0.3 is 0 Å². The predicted octanol–water partition coefficient (Wildman–Crippen LogP) is 3.30. The Morgan fingerprint density at radius 2 is 1.76 bits per heavy atom. The van der Waals surface area contributed by atoms with Crippen LogP contribution in [0.25, 0.3) is 27.7 Å². The molecule has 13 heteroatoms. The third-order valence-electron chi connectivity index (χ3n) is 10.5. The molecule has 2 saturated heterocycles. The van der Waals surface area contributed by atoms with Gasteiger partial charge in [0.1, 0.15) is 5.84 Å². The van der Waals surface area contributed by atoms with Crippen molar-refractivity contribution in [2.24, 2.45) is 16.1 Å². The van der Waals surface area contributed by atoms with Crippen LogP contribution in [0, 0.1) is 5.41 Å². The summed E-state index contributed by atoms with van der Waals surface area (Å²) in [5.74, 6) is 0.722. The van der Waals surface area contributed by atoms with Gasteiger partial charge in [0.25, 0.3) is 0 Å². The molecule has 51 heavy (non-hydrogen) atoms. The second kappa shape index (κ2) is 14.0. The summed E-state index contributed by atoms with van der Waals surface area (Å²) < 4.78 is 23.9. The van der Waals surface area contributed by atoms with E-state index < -0.39 is 15.3 Å². The smallest absolute Gasteiger partial charge is 0.237 e. The molecular weight excluding hydrogens is 665 g/mol. The van der Waals surface area contributed by atoms with Crippen molar-refractivity contribution in [3.63, 3.8) is 0 Å². The quantitative estimate of drug-likeness (QED) is 0.129. The average molecular weight is 709 g/mol. The number of likely N-dealkylation sites (N-methyl/N-ethyl adjacent to an activating group) is 1. The van der Waals surface area contributed by atoms with E-state index in [2.05, 4.69) is 43.6 Å². The van der Waals surface area contributed by atoms with Crippen LogP contribution in [0.5, 0.6) is 0 Å². The van der Waals surface area contributed by atoms with Crippen molar-refractivity contribution < 1.29 is 18.0 Å². The summed E-state index contributed by atoms with van der Waals surface area (Å²) in [6.07, 6.45) is 5.57. The number of amides is 2. The Labute approximate surface area is 298 Å². The zero-order valence-corrected chi connectivity index (χ0v) is 29.9. The largest absolute Gasteiger partial charge is 0.384 e. The molecule has 0 aliphatic carbocycles. The number of hydrogen-bond acceptors (Lipinski definition) is 8. The fourth-order valence-electron chi connectivity index (χ4n) is 7.47. The molecule has 2 amide bonds. The van der Waals surface area contributed by atoms with Crippen LogP contribution in [0.2, 0.25) is 0 Å². The molecule has 2 fully saturated rings. The number of carbonyl (C=O) groups excluding carboxylic acids is 2. The first-order valence-corrected chi connectivity index (χ1v) is 19.3. The van der Waals surface area contributed by atoms with Crippen LogP contribution in [-0.4, -0.2) is 112 Å². The van der Waals surface area contributed by atoms with Gasteiger partial charge in [-0.3, -0.25) is 24.6 Å². The maximum atomic E-state index is 14.0. The first-order chi connectivity index (χ1) is 24.5. The van der Waals surface area contributed by atoms with E-state index in [9.17, 15) is 18.0 Å². The number of nitrogens with two attached hydrogens (primary N) is 1. The minimum absolute atomic E-state index is 0.0908. The number of aliphatic imine (C=N–C) groups is 1. The van der Waals surface area contributed by atoms with Crippen molar-refractivity contribution in [1.29, 1.82) is 0 Å². The zero-order chi connectivity index (χ0) is 35.8. The van der Waals surface area contributed by atoms with E-state index in [0.717, 1.165) is 59.1 Å². The number of aromatic amines is 1. The molecule has 3 aliphatic rings. The Bertz CT molecular complexity index is 2120. The monoisotopic (exact) mass is 708 g/mol. The fourth-order valence-corrected chi connectivity index (χ4v) is 8.10. The van der Waals surface area contributed by atoms with Gasteiger partial charge in [0, 0.05) is 61.2 Å². The number of nitrogens with one attached hydrogen (secondary N) is 2. The molecule has 0 radical (unpaired) electrons. The van der Waals surface area contributed by atoms with Gasteiger partial charge in [0.05, 0.1) is 34.6 Å². The normalized spacial score (nSPS) is 20.2. The molecule has 7 rings (SSSR count). The van der Waals surface area contributed by atoms with Crippen LogP contribution < -0.4 is 16.0 Å². The first kappa shape index (κ1) is 34.6. The molecule has 0 saturated carbocycles. The molecular formula is C38H44N8O4S. The molecule has 266 valence electrons. The van der Waals surface area contributed by atoms with Crippen LogP contribution in [0.3, 0.4) is 0 Å². The third-order valence-corrected chi connectivity index (χ3v) is 11.6. The summed E-state index contributed by atoms with van der Waals surface area (Å²) in [5, 5.41) is 11.5. The van der Waals surface area contributed by atoms with Gasteiger partial charge in [-0.05, 0) is 74.3 Å². The van der Waals surface area contributed by atoms with Crippen molar-refractivity contribution in [1.82, 2.24) is 25.3 Å². The standard InChI is InChI=1S/C38H44N8O4S/c1-40-17-18-41-36(39)29-5-3-26(4-6-29)27-13-19-45(20-14-27)34(47)24-44-21-15-38(25-44)16-22-46(37(38)48)30-9-12-33-32(23-30)35(43-42-33)28-7-10-31(11-8-28)51(2,49)50/h3-13,23,40H,14-22,24-25H2,1-2H3,(H2,39,41)(H,42,43)/t38-/m0/s1. The average Bonchev–Trinajstić information content (AvgIpc) is 3.84. The molecule has 3 aliphatic heterocycles. The second-order valence-corrected chi connectivity index (χ2v) is 15.8. The van der Waals surface area contributed by atoms with Gasteiger partial charge in [-0.25, -0.2) is 8.42 Å². The highest BCUT2D eigenvalue weighted by Crippen LogP contribution is 2.43. The Morgan fingerprint density at radius 3 is 2.47 bits per heavy atom. The summed E-state index contributed by atoms with van der Waals surface area (Å²) in [4.78, 5) is 38.0. The van der Waals surface area contributed by atoms with Crippen molar-refractivity contribution >= 4 is 49.7 Å². The number of benzene rings is 3. The molecule has 1 spiro atoms. The number of carbonyl (C=O) groups is 2. The lowest BCUT2D eigenvalue weighted by atomic mass is 9.85. The maximum Gasteiger partial charge on any atom is 0.237 e. The minimum Gasteiger partial charge on any atom is -0.384 e. The van der Waals surface area contributed by atoms with E-state index in [1.807, 2.05) is 47.2 Å². The summed E-state index contributed by atoms with van der Waals surface area (Å²) >= 11 is 0. The van der Waals surface area contributed by atoms with Crippen LogP contribution in [0.1, 0.15) is 30.4 Å². The van der Waals surface area contributed by atoms with Gasteiger partial charge in [-0.1, -0.05) is 42.5 Å². The number of amidine groups is 1. The maximum absolute atomic E-state index is 14.0. The summed E-state index contributed by atoms with van der Waals surface area (Å²) in [7, 11) is -1.42. The fraction of sp³-hybridized carbons (Fsp3) is 0.368. The third kappa shape index (κ3) is 7.06. The van der Waals surface area contributed by atoms with E-state index in [1.165, 1.54) is 11.8 Å². The van der Waals surface area contributed by atoms with Crippen molar-refractivity contribution in [2.75, 3.05) is 70.6 Å². The van der Waals surface area contributed by atoms with Crippen LogP contribution >= 0.6 is 0 Å². The molecule has 1 atom stereocenters. The van der Waals surface area contributed by atoms with E-state index in [-0.39, 0.29) is 16.7 Å². The molecule has 3 aromatic carbocycles. The molecule has 0 unspecified atom stereocenters. The van der Waals surface area contributed by atoms with Gasteiger partial charge in [-0.2, -0.15) is 5.10 Å². The topological polar surface area (TPSA) is 157 Å². The predicted molar refractivity (Wildman–Crippen MR) is 200 cm³/mol. The SMILES string of the molecule is CNCCN=C(N)c1ccc(C2=CCN(C(=O)CN3CC[C@]4(CCN(c5ccc6[nH]nc(-c7ccc(S(C)(=O)=O)cc7)c6c5)C4=O)C3)CC2)cc1. The van der Waals surface area contributed by atoms with E-state index in [0.29, 0.717) is 57.3 Å². The highest BCUT2D eigenvalue weighted by atomic mass is 32.2. The summed E-state index contributed by atoms with van der Waals surface area (Å²) in [6.45, 7) is 4.83. The molecule has 4 N–H and O–H groups in total. The van der Waals surface area contributed by atoms with Crippen molar-refractivity contribution in [2.45, 2.75) is 24.2 Å². The lowest BCUT2D eigenvalue weighted by Crippen LogP contribution is -2.43. The molecule has 0 bridgehead atoms. The number of nitrogens with zero attached hydrogens (tertiary/aromatic N) is 5. The summed E-state index contributed by atoms with van der Waals surface area (Å²) in [5.41, 5.74) is 12.0. The van der Waals surface area contributed by atoms with E-state index in [1.54, 1.807) is 24.3 Å². The van der Waals surface area contributed by atoms with Gasteiger partial charge in [-0.15, -0.1) is 0 Å². The molecule has 12 nitrogen and oxygen atoms in total. The van der Waals surface area contributed by atoms with E-state index >= 15 is 0 Å². The second-order valence-electron chi connectivity index (χ2n) is 13.8. The lowest BCUT2D eigenvalue weighted by Gasteiger charge is -2.29. The minimum atomic E-state index is -3.31. The number of aromatic nitrogens is 2. The number of likely N-dealkylation sites (tertiary alicyclic amines) is 1. The summed E-state index contributed by atoms with van der Waals surface area (Å²) in [6, 6.07) is 20.6. The number of rotatable bonds is 10. The Morgan fingerprint density at radius 1 is 1.02 bits per heavy atom. The molecule has 4 heterocycles. The van der Waals surface area contributed by atoms with E-state index in [4.69, 9.17) is 5.73 Å². The molecule has 4 aromatic rings. The van der Waals surface area contributed by atoms with Gasteiger partial charge in [0.15, 0.2) is 9.84 Å². The number of anilines is 1. The zero-order valence-electron chi connectivity index (χ0n) is 29.1. The van der Waals surface area contributed by atoms with Gasteiger partial charge in [0.2, 0.25) is 11.8 Å². The molecule has 1 aromatic heterocycles. The Kier molecular flexibility index (Phi) is 9.53. The van der Waals surface area contributed by atoms with Gasteiger partial charge < -0.3 is 20.9 Å². The Hall–Kier alpha value is -4.85. The number of sulfone groups is 1. The first-order valence-electron chi connectivity index (χ1n) is 17.4. The highest BCUT2D eigenvalue weighted by Gasteiger charge is 2.51. The van der Waals surface area contributed by atoms with Crippen LogP contribution in [0.4, 0.5) is 5.69 Å². The number of hydrogen-bond donors (Lipinski definition) is 3. The Balaban J connectivity index is 0.961. The van der Waals surface area contributed by atoms with Crippen LogP contribution in [0.15, 0.2) is 82.7 Å². The number of H-pyrrole nitrogens is 1. The lowest BCUT2D eigenvalue weighted by molar-refractivity contribution is -0.132. The number of fused-ring (bicyclic) bond motifs is 1. The van der Waals surface area contributed by atoms with Crippen molar-refractivity contribution in [3.8, 4) is 11.3 Å². The van der Waals surface area contributed by atoms with Crippen molar-refractivity contribution in [3.05, 3.63) is 83.9 Å². The van der Waals surface area contributed by atoms with Crippen LogP contribution in [-0.2, 0) is 19.4 Å². The highest BCUT2D eigenvalue weighted by molar-refractivity contribution is 7.90.